The molecule has 33 heavy (non-hydrogen) atoms. The molecule has 0 bridgehead atoms. The summed E-state index contributed by atoms with van der Waals surface area (Å²) in [4.78, 5) is 45.6. The number of nitrogens with one attached hydrogen (secondary N) is 1. The van der Waals surface area contributed by atoms with Gasteiger partial charge in [-0.15, -0.1) is 0 Å². The van der Waals surface area contributed by atoms with Gasteiger partial charge >= 0.3 is 5.63 Å². The molecule has 4 aromatic rings. The summed E-state index contributed by atoms with van der Waals surface area (Å²) in [5, 5.41) is 3.47. The zero-order chi connectivity index (χ0) is 23.2. The van der Waals surface area contributed by atoms with Crippen LogP contribution in [0.5, 0.6) is 0 Å². The van der Waals surface area contributed by atoms with E-state index >= 15 is 0 Å². The summed E-state index contributed by atoms with van der Waals surface area (Å²) >= 11 is 0. The Morgan fingerprint density at radius 2 is 1.73 bits per heavy atom. The van der Waals surface area contributed by atoms with Crippen molar-refractivity contribution in [2.24, 2.45) is 0 Å². The standard InChI is InChI=1S/C26H23N3O4/c1-2-15-28-24(30)23(21-13-8-9-16-27-21)29(19-11-4-3-5-12-19)25(31)20-17-18-10-6-7-14-22(18)33-26(20)32/h3-14,16-17,23H,2,15H2,1H3,(H,28,30). The maximum atomic E-state index is 13.9. The minimum atomic E-state index is -1.08. The maximum absolute atomic E-state index is 13.9. The molecule has 0 aliphatic heterocycles. The third kappa shape index (κ3) is 4.67. The zero-order valence-electron chi connectivity index (χ0n) is 18.1. The average Bonchev–Trinajstić information content (AvgIpc) is 2.86. The van der Waals surface area contributed by atoms with Crippen molar-refractivity contribution in [1.82, 2.24) is 10.3 Å². The summed E-state index contributed by atoms with van der Waals surface area (Å²) in [5.74, 6) is -1.04. The van der Waals surface area contributed by atoms with Crippen LogP contribution in [0.3, 0.4) is 0 Å². The number of amides is 2. The van der Waals surface area contributed by atoms with Gasteiger partial charge in [0.2, 0.25) is 5.91 Å². The summed E-state index contributed by atoms with van der Waals surface area (Å²) in [7, 11) is 0. The first-order valence-corrected chi connectivity index (χ1v) is 10.7. The lowest BCUT2D eigenvalue weighted by Gasteiger charge is -2.30. The number of hydrogen-bond donors (Lipinski definition) is 1. The Morgan fingerprint density at radius 3 is 2.45 bits per heavy atom. The van der Waals surface area contributed by atoms with Crippen molar-refractivity contribution in [2.75, 3.05) is 11.4 Å². The summed E-state index contributed by atoms with van der Waals surface area (Å²) < 4.78 is 5.39. The number of benzene rings is 2. The average molecular weight is 441 g/mol. The van der Waals surface area contributed by atoms with Gasteiger partial charge in [0.25, 0.3) is 5.91 Å². The van der Waals surface area contributed by atoms with E-state index in [-0.39, 0.29) is 5.56 Å². The van der Waals surface area contributed by atoms with Crippen LogP contribution in [0.2, 0.25) is 0 Å². The van der Waals surface area contributed by atoms with Gasteiger partial charge in [0.1, 0.15) is 11.1 Å². The second kappa shape index (κ2) is 9.91. The number of pyridine rings is 1. The molecule has 0 spiro atoms. The van der Waals surface area contributed by atoms with Gasteiger partial charge in [-0.25, -0.2) is 4.79 Å². The molecule has 4 rings (SSSR count). The van der Waals surface area contributed by atoms with Gasteiger partial charge < -0.3 is 9.73 Å². The van der Waals surface area contributed by atoms with Gasteiger partial charge in [0.05, 0.1) is 5.69 Å². The maximum Gasteiger partial charge on any atom is 0.349 e. The van der Waals surface area contributed by atoms with Crippen molar-refractivity contribution in [3.63, 3.8) is 0 Å². The number of fused-ring (bicyclic) bond motifs is 1. The minimum absolute atomic E-state index is 0.165. The van der Waals surface area contributed by atoms with Crippen molar-refractivity contribution < 1.29 is 14.0 Å². The van der Waals surface area contributed by atoms with Crippen molar-refractivity contribution in [3.05, 3.63) is 107 Å². The van der Waals surface area contributed by atoms with E-state index in [2.05, 4.69) is 10.3 Å². The molecule has 1 unspecified atom stereocenters. The molecule has 0 saturated carbocycles. The van der Waals surface area contributed by atoms with Crippen LogP contribution < -0.4 is 15.8 Å². The second-order valence-electron chi connectivity index (χ2n) is 7.44. The molecule has 0 saturated heterocycles. The number of carbonyl (C=O) groups excluding carboxylic acids is 2. The third-order valence-electron chi connectivity index (χ3n) is 5.15. The lowest BCUT2D eigenvalue weighted by molar-refractivity contribution is -0.122. The summed E-state index contributed by atoms with van der Waals surface area (Å²) in [6, 6.07) is 21.3. The quantitative estimate of drug-likeness (QED) is 0.436. The van der Waals surface area contributed by atoms with E-state index in [1.54, 1.807) is 72.9 Å². The fourth-order valence-corrected chi connectivity index (χ4v) is 3.58. The monoisotopic (exact) mass is 441 g/mol. The highest BCUT2D eigenvalue weighted by atomic mass is 16.4. The van der Waals surface area contributed by atoms with Gasteiger partial charge in [0, 0.05) is 23.8 Å². The van der Waals surface area contributed by atoms with E-state index in [1.807, 2.05) is 13.0 Å². The summed E-state index contributed by atoms with van der Waals surface area (Å²) in [5.41, 5.74) is 0.285. The Hall–Kier alpha value is -4.26. The van der Waals surface area contributed by atoms with Crippen LogP contribution in [0.15, 0.2) is 94.3 Å². The number of nitrogens with zero attached hydrogens (tertiary/aromatic N) is 2. The molecular weight excluding hydrogens is 418 g/mol. The van der Waals surface area contributed by atoms with Crippen molar-refractivity contribution >= 4 is 28.5 Å². The highest BCUT2D eigenvalue weighted by molar-refractivity contribution is 6.10. The van der Waals surface area contributed by atoms with E-state index in [9.17, 15) is 14.4 Å². The number of aromatic nitrogens is 1. The Bertz CT molecular complexity index is 1320. The molecule has 1 N–H and O–H groups in total. The summed E-state index contributed by atoms with van der Waals surface area (Å²) in [6.45, 7) is 2.38. The van der Waals surface area contributed by atoms with E-state index in [0.29, 0.717) is 28.9 Å². The zero-order valence-corrected chi connectivity index (χ0v) is 18.1. The Morgan fingerprint density at radius 1 is 1.00 bits per heavy atom. The molecule has 7 heteroatoms. The van der Waals surface area contributed by atoms with Crippen LogP contribution in [0, 0.1) is 0 Å². The van der Waals surface area contributed by atoms with Gasteiger partial charge in [0.15, 0.2) is 6.04 Å². The molecule has 0 aliphatic carbocycles. The lowest BCUT2D eigenvalue weighted by atomic mass is 10.1. The number of carbonyl (C=O) groups is 2. The normalized spacial score (nSPS) is 11.7. The fourth-order valence-electron chi connectivity index (χ4n) is 3.58. The Kier molecular flexibility index (Phi) is 6.59. The second-order valence-corrected chi connectivity index (χ2v) is 7.44. The summed E-state index contributed by atoms with van der Waals surface area (Å²) in [6.07, 6.45) is 2.29. The predicted octanol–water partition coefficient (Wildman–Crippen LogP) is 4.10. The molecule has 1 atom stereocenters. The van der Waals surface area contributed by atoms with Gasteiger partial charge in [-0.2, -0.15) is 0 Å². The molecule has 2 amide bonds. The first-order valence-electron chi connectivity index (χ1n) is 10.7. The molecule has 2 aromatic carbocycles. The number of anilines is 1. The van der Waals surface area contributed by atoms with Crippen LogP contribution in [0.25, 0.3) is 11.0 Å². The van der Waals surface area contributed by atoms with Crippen LogP contribution in [0.4, 0.5) is 5.69 Å². The van der Waals surface area contributed by atoms with Gasteiger partial charge in [-0.3, -0.25) is 19.5 Å². The van der Waals surface area contributed by atoms with Crippen molar-refractivity contribution in [2.45, 2.75) is 19.4 Å². The predicted molar refractivity (Wildman–Crippen MR) is 126 cm³/mol. The largest absolute Gasteiger partial charge is 0.422 e. The van der Waals surface area contributed by atoms with E-state index < -0.39 is 23.5 Å². The SMILES string of the molecule is CCCNC(=O)C(c1ccccn1)N(C(=O)c1cc2ccccc2oc1=O)c1ccccc1. The molecule has 166 valence electrons. The van der Waals surface area contributed by atoms with E-state index in [4.69, 9.17) is 4.42 Å². The first-order chi connectivity index (χ1) is 16.1. The van der Waals surface area contributed by atoms with E-state index in [0.717, 1.165) is 6.42 Å². The molecular formula is C26H23N3O4. The fraction of sp³-hybridized carbons (Fsp3) is 0.154. The van der Waals surface area contributed by atoms with Crippen LogP contribution >= 0.6 is 0 Å². The molecule has 0 radical (unpaired) electrons. The van der Waals surface area contributed by atoms with E-state index in [1.165, 1.54) is 11.0 Å². The Balaban J connectivity index is 1.88. The number of rotatable bonds is 7. The highest BCUT2D eigenvalue weighted by Crippen LogP contribution is 2.29. The number of para-hydroxylation sites is 2. The molecule has 0 aliphatic rings. The topological polar surface area (TPSA) is 92.5 Å². The number of hydrogen-bond acceptors (Lipinski definition) is 5. The first kappa shape index (κ1) is 22.0. The lowest BCUT2D eigenvalue weighted by Crippen LogP contribution is -2.45. The van der Waals surface area contributed by atoms with Crippen molar-refractivity contribution in [1.29, 1.82) is 0 Å². The van der Waals surface area contributed by atoms with Crippen LogP contribution in [0.1, 0.15) is 35.4 Å². The molecule has 2 heterocycles. The Labute approximate surface area is 190 Å². The molecule has 2 aromatic heterocycles. The highest BCUT2D eigenvalue weighted by Gasteiger charge is 2.35. The van der Waals surface area contributed by atoms with Crippen LogP contribution in [-0.2, 0) is 4.79 Å². The molecule has 7 nitrogen and oxygen atoms in total. The minimum Gasteiger partial charge on any atom is -0.422 e. The van der Waals surface area contributed by atoms with Crippen LogP contribution in [-0.4, -0.2) is 23.3 Å². The van der Waals surface area contributed by atoms with Gasteiger partial charge in [-0.05, 0) is 42.8 Å². The molecule has 0 fully saturated rings. The van der Waals surface area contributed by atoms with Crippen molar-refractivity contribution in [3.8, 4) is 0 Å². The third-order valence-corrected chi connectivity index (χ3v) is 5.15. The smallest absolute Gasteiger partial charge is 0.349 e. The van der Waals surface area contributed by atoms with Gasteiger partial charge in [-0.1, -0.05) is 49.4 Å².